The van der Waals surface area contributed by atoms with E-state index in [1.54, 1.807) is 13.8 Å². The van der Waals surface area contributed by atoms with Crippen LogP contribution < -0.4 is 11.0 Å². The Kier molecular flexibility index (Phi) is 3.87. The van der Waals surface area contributed by atoms with Gasteiger partial charge in [-0.15, -0.1) is 0 Å². The summed E-state index contributed by atoms with van der Waals surface area (Å²) in [5, 5.41) is 11.5. The van der Waals surface area contributed by atoms with Crippen LogP contribution in [0, 0.1) is 13.8 Å². The molecular weight excluding hydrogens is 262 g/mol. The number of carbonyl (C=O) groups excluding carboxylic acids is 1. The van der Waals surface area contributed by atoms with Crippen molar-refractivity contribution in [2.45, 2.75) is 39.2 Å². The van der Waals surface area contributed by atoms with Gasteiger partial charge in [-0.25, -0.2) is 4.79 Å². The van der Waals surface area contributed by atoms with Gasteiger partial charge in [-0.3, -0.25) is 14.2 Å². The third-order valence-electron chi connectivity index (χ3n) is 3.61. The molecule has 1 saturated heterocycles. The van der Waals surface area contributed by atoms with Crippen molar-refractivity contribution in [2.24, 2.45) is 0 Å². The average molecular weight is 279 g/mol. The van der Waals surface area contributed by atoms with Crippen molar-refractivity contribution in [3.05, 3.63) is 27.4 Å². The molecule has 1 unspecified atom stereocenters. The summed E-state index contributed by atoms with van der Waals surface area (Å²) < 4.78 is 1.50. The normalized spacial score (nSPS) is 18.1. The van der Waals surface area contributed by atoms with Gasteiger partial charge in [0.05, 0.1) is 6.04 Å². The van der Waals surface area contributed by atoms with Gasteiger partial charge in [0.1, 0.15) is 0 Å². The number of hydrogen-bond donors (Lipinski definition) is 2. The van der Waals surface area contributed by atoms with Gasteiger partial charge in [-0.05, 0) is 25.8 Å². The summed E-state index contributed by atoms with van der Waals surface area (Å²) >= 11 is 0. The first-order valence-corrected chi connectivity index (χ1v) is 6.47. The molecule has 1 aromatic rings. The summed E-state index contributed by atoms with van der Waals surface area (Å²) in [6.45, 7) is 3.88. The number of nitrogens with zero attached hydrogens (tertiary/aromatic N) is 2. The van der Waals surface area contributed by atoms with Gasteiger partial charge >= 0.3 is 11.7 Å². The van der Waals surface area contributed by atoms with E-state index in [1.165, 1.54) is 4.57 Å². The summed E-state index contributed by atoms with van der Waals surface area (Å²) in [5.74, 6) is -0.978. The Morgan fingerprint density at radius 1 is 1.45 bits per heavy atom. The van der Waals surface area contributed by atoms with E-state index in [-0.39, 0.29) is 30.5 Å². The van der Waals surface area contributed by atoms with Crippen LogP contribution in [0.2, 0.25) is 0 Å². The molecule has 7 nitrogen and oxygen atoms in total. The van der Waals surface area contributed by atoms with E-state index >= 15 is 0 Å². The zero-order valence-electron chi connectivity index (χ0n) is 11.5. The number of carbonyl (C=O) groups is 2. The maximum Gasteiger partial charge on any atom is 0.348 e. The number of carboxylic acids is 1. The van der Waals surface area contributed by atoms with Crippen molar-refractivity contribution in [3.63, 3.8) is 0 Å². The Labute approximate surface area is 115 Å². The maximum absolute atomic E-state index is 12.0. The van der Waals surface area contributed by atoms with Crippen LogP contribution in [0.15, 0.2) is 4.79 Å². The molecule has 1 aliphatic heterocycles. The second-order valence-corrected chi connectivity index (χ2v) is 4.97. The summed E-state index contributed by atoms with van der Waals surface area (Å²) in [6, 6.07) is -0.244. The maximum atomic E-state index is 12.0. The third kappa shape index (κ3) is 2.71. The predicted molar refractivity (Wildman–Crippen MR) is 70.6 cm³/mol. The largest absolute Gasteiger partial charge is 0.481 e. The summed E-state index contributed by atoms with van der Waals surface area (Å²) in [4.78, 5) is 38.0. The molecule has 20 heavy (non-hydrogen) atoms. The molecule has 1 fully saturated rings. The fraction of sp³-hybridized carbons (Fsp3) is 0.538. The summed E-state index contributed by atoms with van der Waals surface area (Å²) in [7, 11) is 0. The lowest BCUT2D eigenvalue weighted by molar-refractivity contribution is -0.137. The molecular formula is C13H17N3O4. The molecule has 2 rings (SSSR count). The molecule has 0 saturated carbocycles. The van der Waals surface area contributed by atoms with Crippen LogP contribution in [0.1, 0.15) is 35.8 Å². The van der Waals surface area contributed by atoms with E-state index in [4.69, 9.17) is 5.11 Å². The van der Waals surface area contributed by atoms with E-state index in [1.807, 2.05) is 0 Å². The SMILES string of the molecule is Cc1nc(=O)n(C2CNC(=O)C2)c(C)c1CCC(=O)O. The van der Waals surface area contributed by atoms with Crippen LogP contribution in [0.3, 0.4) is 0 Å². The van der Waals surface area contributed by atoms with Gasteiger partial charge in [0.2, 0.25) is 5.91 Å². The van der Waals surface area contributed by atoms with Crippen LogP contribution in [0.4, 0.5) is 0 Å². The Hall–Kier alpha value is -2.18. The van der Waals surface area contributed by atoms with Crippen molar-refractivity contribution in [3.8, 4) is 0 Å². The molecule has 7 heteroatoms. The smallest absolute Gasteiger partial charge is 0.348 e. The number of amides is 1. The highest BCUT2D eigenvalue weighted by molar-refractivity contribution is 5.78. The lowest BCUT2D eigenvalue weighted by atomic mass is 10.1. The fourth-order valence-corrected chi connectivity index (χ4v) is 2.61. The monoisotopic (exact) mass is 279 g/mol. The fourth-order valence-electron chi connectivity index (χ4n) is 2.61. The van der Waals surface area contributed by atoms with Crippen molar-refractivity contribution >= 4 is 11.9 Å². The zero-order chi connectivity index (χ0) is 14.9. The van der Waals surface area contributed by atoms with Crippen molar-refractivity contribution in [1.82, 2.24) is 14.9 Å². The molecule has 1 atom stereocenters. The summed E-state index contributed by atoms with van der Waals surface area (Å²) in [5.41, 5.74) is 1.64. The molecule has 0 spiro atoms. The predicted octanol–water partition coefficient (Wildman–Crippen LogP) is -0.0617. The van der Waals surface area contributed by atoms with E-state index in [2.05, 4.69) is 10.3 Å². The van der Waals surface area contributed by atoms with Gasteiger partial charge in [0, 0.05) is 30.8 Å². The second-order valence-electron chi connectivity index (χ2n) is 4.97. The lowest BCUT2D eigenvalue weighted by Gasteiger charge is -2.19. The molecule has 2 N–H and O–H groups in total. The van der Waals surface area contributed by atoms with Gasteiger partial charge in [-0.2, -0.15) is 4.98 Å². The van der Waals surface area contributed by atoms with E-state index in [0.29, 0.717) is 24.4 Å². The minimum absolute atomic E-state index is 0.0105. The van der Waals surface area contributed by atoms with Crippen molar-refractivity contribution in [1.29, 1.82) is 0 Å². The highest BCUT2D eigenvalue weighted by atomic mass is 16.4. The van der Waals surface area contributed by atoms with Crippen LogP contribution in [0.25, 0.3) is 0 Å². The highest BCUT2D eigenvalue weighted by Crippen LogP contribution is 2.19. The van der Waals surface area contributed by atoms with E-state index in [0.717, 1.165) is 5.56 Å². The Morgan fingerprint density at radius 2 is 2.15 bits per heavy atom. The zero-order valence-corrected chi connectivity index (χ0v) is 11.5. The van der Waals surface area contributed by atoms with Crippen LogP contribution >= 0.6 is 0 Å². The second kappa shape index (κ2) is 5.44. The number of rotatable bonds is 4. The number of hydrogen-bond acceptors (Lipinski definition) is 4. The first-order chi connectivity index (χ1) is 9.40. The molecule has 108 valence electrons. The van der Waals surface area contributed by atoms with E-state index < -0.39 is 5.97 Å². The number of carboxylic acid groups (broad SMARTS) is 1. The Morgan fingerprint density at radius 3 is 2.70 bits per heavy atom. The third-order valence-corrected chi connectivity index (χ3v) is 3.61. The van der Waals surface area contributed by atoms with Crippen LogP contribution in [-0.4, -0.2) is 33.1 Å². The number of aryl methyl sites for hydroxylation is 1. The van der Waals surface area contributed by atoms with Crippen LogP contribution in [0.5, 0.6) is 0 Å². The Bertz CT molecular complexity index is 621. The number of aromatic nitrogens is 2. The highest BCUT2D eigenvalue weighted by Gasteiger charge is 2.26. The first-order valence-electron chi connectivity index (χ1n) is 6.47. The molecule has 1 aromatic heterocycles. The molecule has 0 bridgehead atoms. The molecule has 1 amide bonds. The molecule has 0 radical (unpaired) electrons. The van der Waals surface area contributed by atoms with Gasteiger partial charge in [0.25, 0.3) is 0 Å². The van der Waals surface area contributed by atoms with Gasteiger partial charge in [-0.1, -0.05) is 0 Å². The number of aliphatic carboxylic acids is 1. The van der Waals surface area contributed by atoms with Gasteiger partial charge < -0.3 is 10.4 Å². The first kappa shape index (κ1) is 14.2. The lowest BCUT2D eigenvalue weighted by Crippen LogP contribution is -2.32. The molecule has 0 aromatic carbocycles. The minimum atomic E-state index is -0.890. The van der Waals surface area contributed by atoms with Crippen molar-refractivity contribution < 1.29 is 14.7 Å². The van der Waals surface area contributed by atoms with E-state index in [9.17, 15) is 14.4 Å². The van der Waals surface area contributed by atoms with Crippen LogP contribution in [-0.2, 0) is 16.0 Å². The topological polar surface area (TPSA) is 101 Å². The standard InChI is InChI=1S/C13H17N3O4/c1-7-10(3-4-12(18)19)8(2)16(13(20)15-7)9-5-11(17)14-6-9/h9H,3-6H2,1-2H3,(H,14,17)(H,18,19). The quantitative estimate of drug-likeness (QED) is 0.804. The molecule has 0 aliphatic carbocycles. The molecule has 1 aliphatic rings. The van der Waals surface area contributed by atoms with Gasteiger partial charge in [0.15, 0.2) is 0 Å². The average Bonchev–Trinajstić information content (AvgIpc) is 2.74. The van der Waals surface area contributed by atoms with Crippen molar-refractivity contribution in [2.75, 3.05) is 6.54 Å². The number of nitrogens with one attached hydrogen (secondary N) is 1. The molecule has 2 heterocycles. The summed E-state index contributed by atoms with van der Waals surface area (Å²) in [6.07, 6.45) is 0.571. The Balaban J connectivity index is 2.41. The minimum Gasteiger partial charge on any atom is -0.481 e.